The summed E-state index contributed by atoms with van der Waals surface area (Å²) in [5.41, 5.74) is 4.32. The van der Waals surface area contributed by atoms with E-state index in [1.54, 1.807) is 4.90 Å². The molecule has 9 heteroatoms. The zero-order valence-corrected chi connectivity index (χ0v) is 24.2. The first-order valence-electron chi connectivity index (χ1n) is 15.1. The van der Waals surface area contributed by atoms with Crippen molar-refractivity contribution in [2.24, 2.45) is 10.9 Å². The average Bonchev–Trinajstić information content (AvgIpc) is 3.62. The Morgan fingerprint density at radius 2 is 1.93 bits per heavy atom. The fourth-order valence-electron chi connectivity index (χ4n) is 7.63. The molecule has 1 aromatic rings. The second-order valence-corrected chi connectivity index (χ2v) is 12.5. The highest BCUT2D eigenvalue weighted by molar-refractivity contribution is 6.14. The maximum Gasteiger partial charge on any atom is 0.246 e. The highest BCUT2D eigenvalue weighted by Crippen LogP contribution is 2.49. The van der Waals surface area contributed by atoms with E-state index in [4.69, 9.17) is 4.99 Å². The smallest absolute Gasteiger partial charge is 0.246 e. The van der Waals surface area contributed by atoms with Crippen molar-refractivity contribution in [2.45, 2.75) is 62.3 Å². The first-order valence-corrected chi connectivity index (χ1v) is 15.1. The minimum atomic E-state index is -0.816. The number of hydrogen-bond acceptors (Lipinski definition) is 6. The summed E-state index contributed by atoms with van der Waals surface area (Å²) in [6.45, 7) is 3.79. The van der Waals surface area contributed by atoms with Crippen LogP contribution in [-0.2, 0) is 20.8 Å². The van der Waals surface area contributed by atoms with Gasteiger partial charge in [0, 0.05) is 44.2 Å². The van der Waals surface area contributed by atoms with Gasteiger partial charge in [-0.05, 0) is 61.6 Å². The highest BCUT2D eigenvalue weighted by atomic mass is 16.2. The van der Waals surface area contributed by atoms with Crippen LogP contribution in [0.2, 0.25) is 0 Å². The van der Waals surface area contributed by atoms with Crippen molar-refractivity contribution >= 4 is 23.4 Å². The Morgan fingerprint density at radius 1 is 1.10 bits per heavy atom. The Balaban J connectivity index is 1.29. The summed E-state index contributed by atoms with van der Waals surface area (Å²) >= 11 is 0. The van der Waals surface area contributed by atoms with E-state index >= 15 is 0 Å². The monoisotopic (exact) mass is 566 g/mol. The third-order valence-corrected chi connectivity index (χ3v) is 9.83. The third kappa shape index (κ3) is 4.37. The van der Waals surface area contributed by atoms with Crippen LogP contribution in [0.1, 0.15) is 31.7 Å². The maximum absolute atomic E-state index is 14.2. The van der Waals surface area contributed by atoms with Crippen LogP contribution in [0.3, 0.4) is 0 Å². The van der Waals surface area contributed by atoms with Gasteiger partial charge in [0.2, 0.25) is 17.7 Å². The van der Waals surface area contributed by atoms with E-state index in [1.807, 2.05) is 55.6 Å². The number of amides is 3. The molecule has 0 aromatic heterocycles. The van der Waals surface area contributed by atoms with Crippen molar-refractivity contribution in [1.29, 1.82) is 0 Å². The average molecular weight is 567 g/mol. The van der Waals surface area contributed by atoms with Crippen LogP contribution in [0, 0.1) is 5.92 Å². The molecule has 2 fully saturated rings. The lowest BCUT2D eigenvalue weighted by atomic mass is 9.64. The van der Waals surface area contributed by atoms with E-state index in [0.717, 1.165) is 41.8 Å². The molecule has 218 valence electrons. The number of hydrogen-bond donors (Lipinski definition) is 3. The Hall–Kier alpha value is -3.82. The van der Waals surface area contributed by atoms with E-state index in [2.05, 4.69) is 40.0 Å². The summed E-state index contributed by atoms with van der Waals surface area (Å²) in [7, 11) is 2.15. The lowest BCUT2D eigenvalue weighted by molar-refractivity contribution is -0.141. The molecule has 1 saturated heterocycles. The summed E-state index contributed by atoms with van der Waals surface area (Å²) in [6, 6.07) is 8.02. The van der Waals surface area contributed by atoms with E-state index in [1.165, 1.54) is 5.57 Å². The molecule has 4 aliphatic heterocycles. The second-order valence-electron chi connectivity index (χ2n) is 12.5. The lowest BCUT2D eigenvalue weighted by Gasteiger charge is -2.50. The molecule has 3 bridgehead atoms. The molecule has 1 spiro atoms. The standard InChI is InChI=1S/C33H38N6O3/c1-20-30(40)36-26(15-21-8-4-3-5-9-21)32(42)39-13-7-11-27(39)31(41)37-33-23-16-28-24(14-22(17-34-20)19-38(28)2)25(33)10-6-12-29(33)35-18-23/h3-6,8-10,12,14,18,20,22,26-28,34H,7,11,13,15-17,19H2,1-2H3,(H,36,40)(H,37,41)/t20-,22-,26-,27-,28+,33+/m0/s1. The van der Waals surface area contributed by atoms with E-state index in [0.29, 0.717) is 25.9 Å². The van der Waals surface area contributed by atoms with Gasteiger partial charge in [-0.3, -0.25) is 24.3 Å². The molecule has 7 rings (SSSR count). The normalized spacial score (nSPS) is 34.6. The molecular weight excluding hydrogens is 528 g/mol. The number of nitrogens with zero attached hydrogens (tertiary/aromatic N) is 3. The van der Waals surface area contributed by atoms with Gasteiger partial charge in [0.15, 0.2) is 0 Å². The largest absolute Gasteiger partial charge is 0.343 e. The van der Waals surface area contributed by atoms with Crippen molar-refractivity contribution in [3.8, 4) is 0 Å². The Bertz CT molecular complexity index is 1480. The molecule has 1 saturated carbocycles. The number of fused-ring (bicyclic) bond motifs is 2. The Labute approximate surface area is 246 Å². The van der Waals surface area contributed by atoms with Gasteiger partial charge < -0.3 is 20.9 Å². The summed E-state index contributed by atoms with van der Waals surface area (Å²) < 4.78 is 0. The van der Waals surface area contributed by atoms with Gasteiger partial charge in [-0.2, -0.15) is 0 Å². The molecule has 4 heterocycles. The van der Waals surface area contributed by atoms with Crippen LogP contribution < -0.4 is 16.0 Å². The number of carbonyl (C=O) groups is 3. The number of rotatable bonds is 2. The van der Waals surface area contributed by atoms with Crippen molar-refractivity contribution in [3.05, 3.63) is 83.1 Å². The summed E-state index contributed by atoms with van der Waals surface area (Å²) in [6.07, 6.45) is 12.8. The van der Waals surface area contributed by atoms with Gasteiger partial charge in [0.1, 0.15) is 17.6 Å². The van der Waals surface area contributed by atoms with Gasteiger partial charge in [-0.15, -0.1) is 0 Å². The first-order chi connectivity index (χ1) is 20.3. The van der Waals surface area contributed by atoms with Gasteiger partial charge in [0.25, 0.3) is 0 Å². The van der Waals surface area contributed by atoms with Gasteiger partial charge in [-0.1, -0.05) is 48.6 Å². The predicted molar refractivity (Wildman–Crippen MR) is 160 cm³/mol. The van der Waals surface area contributed by atoms with E-state index < -0.39 is 23.7 Å². The number of carbonyl (C=O) groups excluding carboxylic acids is 3. The highest BCUT2D eigenvalue weighted by Gasteiger charge is 2.55. The number of likely N-dealkylation sites (N-methyl/N-ethyl adjacent to an activating group) is 1. The first kappa shape index (κ1) is 27.0. The maximum atomic E-state index is 14.2. The Morgan fingerprint density at radius 3 is 2.76 bits per heavy atom. The van der Waals surface area contributed by atoms with Gasteiger partial charge in [-0.25, -0.2) is 0 Å². The fraction of sp³-hybridized carbons (Fsp3) is 0.455. The summed E-state index contributed by atoms with van der Waals surface area (Å²) in [5.74, 6) is -0.437. The molecule has 3 N–H and O–H groups in total. The predicted octanol–water partition coefficient (Wildman–Crippen LogP) is 1.65. The lowest BCUT2D eigenvalue weighted by Crippen LogP contribution is -2.64. The number of allylic oxidation sites excluding steroid dienone is 2. The molecule has 0 unspecified atom stereocenters. The minimum absolute atomic E-state index is 0.170. The van der Waals surface area contributed by atoms with Crippen molar-refractivity contribution < 1.29 is 14.4 Å². The van der Waals surface area contributed by atoms with Crippen LogP contribution in [0.5, 0.6) is 0 Å². The molecule has 3 amide bonds. The quantitative estimate of drug-likeness (QED) is 0.505. The van der Waals surface area contributed by atoms with Crippen LogP contribution in [0.4, 0.5) is 0 Å². The third-order valence-electron chi connectivity index (χ3n) is 9.83. The Kier molecular flexibility index (Phi) is 6.74. The zero-order valence-electron chi connectivity index (χ0n) is 24.2. The van der Waals surface area contributed by atoms with Crippen LogP contribution >= 0.6 is 0 Å². The number of aliphatic imine (C=N–C) groups is 1. The minimum Gasteiger partial charge on any atom is -0.343 e. The molecule has 1 aromatic carbocycles. The molecule has 42 heavy (non-hydrogen) atoms. The topological polar surface area (TPSA) is 106 Å². The fourth-order valence-corrected chi connectivity index (χ4v) is 7.63. The molecule has 2 aliphatic carbocycles. The second kappa shape index (κ2) is 10.5. The molecule has 9 nitrogen and oxygen atoms in total. The van der Waals surface area contributed by atoms with Crippen molar-refractivity contribution in [3.63, 3.8) is 0 Å². The van der Waals surface area contributed by atoms with Crippen molar-refractivity contribution in [2.75, 3.05) is 26.7 Å². The number of benzene rings is 1. The molecule has 6 aliphatic rings. The molecule has 6 atom stereocenters. The SMILES string of the molecule is C[C@@H]1NC[C@@H]2C=C3C4=CC=CC5=NC=C(C[C@H]3N(C)C2)[C@@]45NC(=O)[C@@H]2CCCN2C(=O)[C@H](Cc2ccccc2)NC1=O. The van der Waals surface area contributed by atoms with Gasteiger partial charge >= 0.3 is 0 Å². The summed E-state index contributed by atoms with van der Waals surface area (Å²) in [4.78, 5) is 50.7. The summed E-state index contributed by atoms with van der Waals surface area (Å²) in [5, 5.41) is 9.92. The van der Waals surface area contributed by atoms with Crippen molar-refractivity contribution in [1.82, 2.24) is 25.8 Å². The molecular formula is C33H38N6O3. The zero-order chi connectivity index (χ0) is 29.0. The van der Waals surface area contributed by atoms with E-state index in [9.17, 15) is 14.4 Å². The van der Waals surface area contributed by atoms with Crippen LogP contribution in [0.25, 0.3) is 0 Å². The van der Waals surface area contributed by atoms with Crippen LogP contribution in [0.15, 0.2) is 82.5 Å². The molecule has 0 radical (unpaired) electrons. The van der Waals surface area contributed by atoms with Gasteiger partial charge in [0.05, 0.1) is 11.8 Å². The number of nitrogens with one attached hydrogen (secondary N) is 3. The van der Waals surface area contributed by atoms with Crippen LogP contribution in [-0.4, -0.2) is 89.6 Å². The van der Waals surface area contributed by atoms with E-state index in [-0.39, 0.29) is 29.7 Å².